The molecule has 0 saturated heterocycles. The van der Waals surface area contributed by atoms with E-state index >= 15 is 0 Å². The van der Waals surface area contributed by atoms with Crippen LogP contribution in [0.15, 0.2) is 18.2 Å². The summed E-state index contributed by atoms with van der Waals surface area (Å²) in [7, 11) is 4.00. The van der Waals surface area contributed by atoms with Crippen molar-refractivity contribution in [2.24, 2.45) is 0 Å². The molecule has 1 aromatic rings. The molecule has 1 N–H and O–H groups in total. The van der Waals surface area contributed by atoms with Crippen LogP contribution in [0.25, 0.3) is 0 Å². The van der Waals surface area contributed by atoms with Gasteiger partial charge in [0.15, 0.2) is 0 Å². The number of likely N-dealkylation sites (N-methyl/N-ethyl adjacent to an activating group) is 1. The fraction of sp³-hybridized carbons (Fsp3) is 0.462. The van der Waals surface area contributed by atoms with Crippen LogP contribution in [0.5, 0.6) is 0 Å². The standard InChI is InChI=1S/C13H18ClN3O/c1-16(2)6-7-17-12-5-3-4-11(14)10(12)8-15-9-13(17)18/h3-5,15H,6-9H2,1-2H3. The molecule has 0 fully saturated rings. The Morgan fingerprint density at radius 1 is 1.39 bits per heavy atom. The largest absolute Gasteiger partial charge is 0.310 e. The number of amides is 1. The third-order valence-corrected chi connectivity index (χ3v) is 3.39. The molecule has 0 saturated carbocycles. The zero-order valence-electron chi connectivity index (χ0n) is 10.7. The van der Waals surface area contributed by atoms with E-state index in [4.69, 9.17) is 11.6 Å². The highest BCUT2D eigenvalue weighted by molar-refractivity contribution is 6.31. The summed E-state index contributed by atoms with van der Waals surface area (Å²) in [6, 6.07) is 5.71. The summed E-state index contributed by atoms with van der Waals surface area (Å²) in [5.74, 6) is 0.0952. The van der Waals surface area contributed by atoms with Gasteiger partial charge in [0.2, 0.25) is 5.91 Å². The van der Waals surface area contributed by atoms with Gasteiger partial charge in [-0.15, -0.1) is 0 Å². The summed E-state index contributed by atoms with van der Waals surface area (Å²) >= 11 is 6.20. The summed E-state index contributed by atoms with van der Waals surface area (Å²) in [4.78, 5) is 16.0. The van der Waals surface area contributed by atoms with E-state index in [0.717, 1.165) is 17.8 Å². The number of nitrogens with zero attached hydrogens (tertiary/aromatic N) is 2. The van der Waals surface area contributed by atoms with Gasteiger partial charge in [0.25, 0.3) is 0 Å². The summed E-state index contributed by atoms with van der Waals surface area (Å²) in [6.07, 6.45) is 0. The van der Waals surface area contributed by atoms with Crippen molar-refractivity contribution in [2.45, 2.75) is 6.54 Å². The highest BCUT2D eigenvalue weighted by Gasteiger charge is 2.22. The van der Waals surface area contributed by atoms with Crippen molar-refractivity contribution in [3.05, 3.63) is 28.8 Å². The molecule has 98 valence electrons. The normalized spacial score (nSPS) is 15.8. The number of hydrogen-bond acceptors (Lipinski definition) is 3. The van der Waals surface area contributed by atoms with Gasteiger partial charge in [0.05, 0.1) is 6.54 Å². The topological polar surface area (TPSA) is 35.6 Å². The van der Waals surface area contributed by atoms with Gasteiger partial charge >= 0.3 is 0 Å². The van der Waals surface area contributed by atoms with Crippen molar-refractivity contribution in [3.8, 4) is 0 Å². The minimum atomic E-state index is 0.0952. The third-order valence-electron chi connectivity index (χ3n) is 3.03. The van der Waals surface area contributed by atoms with E-state index in [0.29, 0.717) is 24.7 Å². The maximum Gasteiger partial charge on any atom is 0.240 e. The number of nitrogens with one attached hydrogen (secondary N) is 1. The van der Waals surface area contributed by atoms with Crippen molar-refractivity contribution >= 4 is 23.2 Å². The van der Waals surface area contributed by atoms with Crippen molar-refractivity contribution in [2.75, 3.05) is 38.6 Å². The molecule has 0 atom stereocenters. The highest BCUT2D eigenvalue weighted by Crippen LogP contribution is 2.28. The number of fused-ring (bicyclic) bond motifs is 1. The Morgan fingerprint density at radius 3 is 2.89 bits per heavy atom. The molecular weight excluding hydrogens is 250 g/mol. The quantitative estimate of drug-likeness (QED) is 0.898. The number of anilines is 1. The fourth-order valence-electron chi connectivity index (χ4n) is 2.04. The lowest BCUT2D eigenvalue weighted by molar-refractivity contribution is -0.117. The Balaban J connectivity index is 2.32. The minimum Gasteiger partial charge on any atom is -0.310 e. The summed E-state index contributed by atoms with van der Waals surface area (Å²) in [5.41, 5.74) is 1.93. The molecular formula is C13H18ClN3O. The van der Waals surface area contributed by atoms with Crippen molar-refractivity contribution < 1.29 is 4.79 Å². The summed E-state index contributed by atoms with van der Waals surface area (Å²) in [6.45, 7) is 2.51. The zero-order valence-corrected chi connectivity index (χ0v) is 11.5. The van der Waals surface area contributed by atoms with Crippen LogP contribution in [0.4, 0.5) is 5.69 Å². The van der Waals surface area contributed by atoms with E-state index in [1.807, 2.05) is 37.2 Å². The molecule has 1 aliphatic rings. The zero-order chi connectivity index (χ0) is 13.1. The monoisotopic (exact) mass is 267 g/mol. The molecule has 5 heteroatoms. The average molecular weight is 268 g/mol. The second-order valence-corrected chi connectivity index (χ2v) is 5.10. The molecule has 4 nitrogen and oxygen atoms in total. The number of benzene rings is 1. The highest BCUT2D eigenvalue weighted by atomic mass is 35.5. The first kappa shape index (κ1) is 13.3. The number of carbonyl (C=O) groups excluding carboxylic acids is 1. The lowest BCUT2D eigenvalue weighted by Crippen LogP contribution is -2.39. The lowest BCUT2D eigenvalue weighted by atomic mass is 10.1. The Kier molecular flexibility index (Phi) is 4.22. The third kappa shape index (κ3) is 2.83. The molecule has 1 aliphatic heterocycles. The number of rotatable bonds is 3. The van der Waals surface area contributed by atoms with E-state index in [9.17, 15) is 4.79 Å². The van der Waals surface area contributed by atoms with Crippen LogP contribution in [0.1, 0.15) is 5.56 Å². The van der Waals surface area contributed by atoms with Crippen LogP contribution in [-0.2, 0) is 11.3 Å². The van der Waals surface area contributed by atoms with Crippen LogP contribution in [0, 0.1) is 0 Å². The minimum absolute atomic E-state index is 0.0952. The molecule has 0 aliphatic carbocycles. The molecule has 18 heavy (non-hydrogen) atoms. The van der Waals surface area contributed by atoms with Gasteiger partial charge < -0.3 is 15.1 Å². The van der Waals surface area contributed by atoms with E-state index < -0.39 is 0 Å². The van der Waals surface area contributed by atoms with Gasteiger partial charge in [0.1, 0.15) is 0 Å². The van der Waals surface area contributed by atoms with Gasteiger partial charge in [-0.2, -0.15) is 0 Å². The number of hydrogen-bond donors (Lipinski definition) is 1. The molecule has 0 bridgehead atoms. The van der Waals surface area contributed by atoms with Crippen molar-refractivity contribution in [1.82, 2.24) is 10.2 Å². The molecule has 1 aromatic carbocycles. The average Bonchev–Trinajstić information content (AvgIpc) is 2.47. The van der Waals surface area contributed by atoms with E-state index in [1.165, 1.54) is 0 Å². The van der Waals surface area contributed by atoms with Crippen molar-refractivity contribution in [3.63, 3.8) is 0 Å². The summed E-state index contributed by atoms with van der Waals surface area (Å²) in [5, 5.41) is 3.83. The second-order valence-electron chi connectivity index (χ2n) is 4.69. The predicted molar refractivity (Wildman–Crippen MR) is 74.1 cm³/mol. The second kappa shape index (κ2) is 5.69. The molecule has 0 spiro atoms. The van der Waals surface area contributed by atoms with E-state index in [-0.39, 0.29) is 5.91 Å². The number of carbonyl (C=O) groups is 1. The Hall–Kier alpha value is -1.10. The van der Waals surface area contributed by atoms with Crippen LogP contribution in [-0.4, -0.2) is 44.5 Å². The van der Waals surface area contributed by atoms with E-state index in [2.05, 4.69) is 10.2 Å². The Morgan fingerprint density at radius 2 is 2.17 bits per heavy atom. The van der Waals surface area contributed by atoms with Gasteiger partial charge in [-0.25, -0.2) is 0 Å². The molecule has 0 radical (unpaired) electrons. The first-order valence-corrected chi connectivity index (χ1v) is 6.40. The van der Waals surface area contributed by atoms with Gasteiger partial charge in [-0.05, 0) is 26.2 Å². The number of halogens is 1. The van der Waals surface area contributed by atoms with Gasteiger partial charge in [0, 0.05) is 35.9 Å². The van der Waals surface area contributed by atoms with Gasteiger partial charge in [-0.1, -0.05) is 17.7 Å². The molecule has 0 aromatic heterocycles. The predicted octanol–water partition coefficient (Wildman–Crippen LogP) is 1.34. The fourth-order valence-corrected chi connectivity index (χ4v) is 2.28. The lowest BCUT2D eigenvalue weighted by Gasteiger charge is -2.24. The van der Waals surface area contributed by atoms with Crippen LogP contribution >= 0.6 is 11.6 Å². The molecule has 0 unspecified atom stereocenters. The van der Waals surface area contributed by atoms with Crippen LogP contribution in [0.2, 0.25) is 5.02 Å². The smallest absolute Gasteiger partial charge is 0.240 e. The maximum absolute atomic E-state index is 12.1. The van der Waals surface area contributed by atoms with Crippen LogP contribution in [0.3, 0.4) is 0 Å². The molecule has 2 rings (SSSR count). The first-order chi connectivity index (χ1) is 8.59. The summed E-state index contributed by atoms with van der Waals surface area (Å²) < 4.78 is 0. The molecule has 1 heterocycles. The SMILES string of the molecule is CN(C)CCN1C(=O)CNCc2c(Cl)cccc21. The maximum atomic E-state index is 12.1. The Bertz CT molecular complexity index is 448. The first-order valence-electron chi connectivity index (χ1n) is 6.03. The molecule has 1 amide bonds. The Labute approximate surface area is 113 Å². The van der Waals surface area contributed by atoms with Crippen molar-refractivity contribution in [1.29, 1.82) is 0 Å². The van der Waals surface area contributed by atoms with E-state index in [1.54, 1.807) is 0 Å². The van der Waals surface area contributed by atoms with Gasteiger partial charge in [-0.3, -0.25) is 4.79 Å². The van der Waals surface area contributed by atoms with Crippen LogP contribution < -0.4 is 10.2 Å².